The highest BCUT2D eigenvalue weighted by Crippen LogP contribution is 2.44. The molecule has 1 saturated carbocycles. The van der Waals surface area contributed by atoms with E-state index < -0.39 is 11.4 Å². The van der Waals surface area contributed by atoms with Crippen molar-refractivity contribution in [1.29, 1.82) is 0 Å². The topological polar surface area (TPSA) is 40.5 Å². The molecule has 0 aromatic rings. The monoisotopic (exact) mass is 267 g/mol. The van der Waals surface area contributed by atoms with Crippen molar-refractivity contribution in [1.82, 2.24) is 4.90 Å². The number of aliphatic carboxylic acids is 1. The van der Waals surface area contributed by atoms with E-state index in [0.717, 1.165) is 32.5 Å². The first-order chi connectivity index (χ1) is 9.06. The molecule has 110 valence electrons. The quantitative estimate of drug-likeness (QED) is 0.828. The lowest BCUT2D eigenvalue weighted by Gasteiger charge is -2.52. The number of carboxylic acids is 1. The van der Waals surface area contributed by atoms with E-state index in [1.807, 2.05) is 13.8 Å². The van der Waals surface area contributed by atoms with Crippen molar-refractivity contribution >= 4 is 5.97 Å². The fraction of sp³-hybridized carbons (Fsp3) is 0.938. The minimum atomic E-state index is -0.612. The van der Waals surface area contributed by atoms with Crippen LogP contribution in [0.3, 0.4) is 0 Å². The van der Waals surface area contributed by atoms with Gasteiger partial charge in [0, 0.05) is 19.6 Å². The van der Waals surface area contributed by atoms with Crippen molar-refractivity contribution in [2.75, 3.05) is 19.6 Å². The van der Waals surface area contributed by atoms with Gasteiger partial charge in [0.25, 0.3) is 0 Å². The summed E-state index contributed by atoms with van der Waals surface area (Å²) < 4.78 is 0. The van der Waals surface area contributed by atoms with Crippen LogP contribution in [0.25, 0.3) is 0 Å². The molecular formula is C16H29NO2. The molecule has 1 aliphatic heterocycles. The summed E-state index contributed by atoms with van der Waals surface area (Å²) >= 11 is 0. The van der Waals surface area contributed by atoms with Crippen molar-refractivity contribution < 1.29 is 9.90 Å². The fourth-order valence-electron chi connectivity index (χ4n) is 4.08. The molecule has 0 bridgehead atoms. The van der Waals surface area contributed by atoms with Crippen molar-refractivity contribution in [2.24, 2.45) is 10.8 Å². The Morgan fingerprint density at radius 1 is 1.11 bits per heavy atom. The van der Waals surface area contributed by atoms with Crippen molar-refractivity contribution in [3.8, 4) is 0 Å². The van der Waals surface area contributed by atoms with E-state index in [1.54, 1.807) is 0 Å². The Hall–Kier alpha value is -0.570. The summed E-state index contributed by atoms with van der Waals surface area (Å²) in [6.07, 6.45) is 9.74. The molecule has 0 aromatic carbocycles. The van der Waals surface area contributed by atoms with E-state index in [0.29, 0.717) is 5.41 Å². The first kappa shape index (κ1) is 14.8. The largest absolute Gasteiger partial charge is 0.481 e. The second-order valence-electron chi connectivity index (χ2n) is 6.85. The van der Waals surface area contributed by atoms with Crippen LogP contribution in [0.4, 0.5) is 0 Å². The molecule has 0 amide bonds. The first-order valence-electron chi connectivity index (χ1n) is 8.02. The molecule has 0 radical (unpaired) electrons. The highest BCUT2D eigenvalue weighted by Gasteiger charge is 2.46. The predicted molar refractivity (Wildman–Crippen MR) is 77.2 cm³/mol. The molecule has 0 aromatic heterocycles. The summed E-state index contributed by atoms with van der Waals surface area (Å²) in [5.74, 6) is -0.612. The SMILES string of the molecule is CCC(CC)(CN1CC2(CCCCCC2)C1)C(=O)O. The lowest BCUT2D eigenvalue weighted by molar-refractivity contribution is -0.153. The van der Waals surface area contributed by atoms with Gasteiger partial charge in [0.05, 0.1) is 5.41 Å². The smallest absolute Gasteiger partial charge is 0.310 e. The summed E-state index contributed by atoms with van der Waals surface area (Å²) in [6.45, 7) is 7.05. The molecular weight excluding hydrogens is 238 g/mol. The number of hydrogen-bond acceptors (Lipinski definition) is 2. The van der Waals surface area contributed by atoms with Gasteiger partial charge >= 0.3 is 5.97 Å². The molecule has 3 nitrogen and oxygen atoms in total. The zero-order valence-electron chi connectivity index (χ0n) is 12.6. The number of carbonyl (C=O) groups is 1. The van der Waals surface area contributed by atoms with E-state index in [2.05, 4.69) is 4.90 Å². The van der Waals surface area contributed by atoms with Crippen LogP contribution in [0.2, 0.25) is 0 Å². The molecule has 1 spiro atoms. The van der Waals surface area contributed by atoms with Gasteiger partial charge < -0.3 is 10.0 Å². The molecule has 2 fully saturated rings. The van der Waals surface area contributed by atoms with Crippen LogP contribution >= 0.6 is 0 Å². The Labute approximate surface area is 117 Å². The number of nitrogens with zero attached hydrogens (tertiary/aromatic N) is 1. The maximum atomic E-state index is 11.6. The van der Waals surface area contributed by atoms with Crippen LogP contribution in [0, 0.1) is 10.8 Å². The Kier molecular flexibility index (Phi) is 4.54. The summed E-state index contributed by atoms with van der Waals surface area (Å²) in [4.78, 5) is 14.0. The molecule has 1 saturated heterocycles. The molecule has 1 aliphatic carbocycles. The zero-order valence-corrected chi connectivity index (χ0v) is 12.6. The van der Waals surface area contributed by atoms with E-state index >= 15 is 0 Å². The van der Waals surface area contributed by atoms with Crippen LogP contribution in [0.15, 0.2) is 0 Å². The van der Waals surface area contributed by atoms with Crippen LogP contribution in [0.1, 0.15) is 65.2 Å². The van der Waals surface area contributed by atoms with Gasteiger partial charge in [0.1, 0.15) is 0 Å². The van der Waals surface area contributed by atoms with Crippen LogP contribution < -0.4 is 0 Å². The summed E-state index contributed by atoms with van der Waals surface area (Å²) in [5, 5.41) is 9.51. The van der Waals surface area contributed by atoms with Gasteiger partial charge in [-0.25, -0.2) is 0 Å². The van der Waals surface area contributed by atoms with E-state index in [4.69, 9.17) is 0 Å². The Balaban J connectivity index is 1.90. The summed E-state index contributed by atoms with van der Waals surface area (Å²) in [6, 6.07) is 0. The van der Waals surface area contributed by atoms with Gasteiger partial charge in [-0.3, -0.25) is 4.79 Å². The summed E-state index contributed by atoms with van der Waals surface area (Å²) in [7, 11) is 0. The van der Waals surface area contributed by atoms with E-state index in [9.17, 15) is 9.90 Å². The molecule has 0 atom stereocenters. The zero-order chi connectivity index (χ0) is 13.9. The number of hydrogen-bond donors (Lipinski definition) is 1. The molecule has 1 N–H and O–H groups in total. The third kappa shape index (κ3) is 2.96. The van der Waals surface area contributed by atoms with Gasteiger partial charge in [-0.2, -0.15) is 0 Å². The third-order valence-electron chi connectivity index (χ3n) is 5.62. The van der Waals surface area contributed by atoms with Crippen molar-refractivity contribution in [3.05, 3.63) is 0 Å². The van der Waals surface area contributed by atoms with Crippen LogP contribution in [-0.4, -0.2) is 35.6 Å². The van der Waals surface area contributed by atoms with Gasteiger partial charge in [-0.05, 0) is 31.1 Å². The predicted octanol–water partition coefficient (Wildman–Crippen LogP) is 3.53. The highest BCUT2D eigenvalue weighted by atomic mass is 16.4. The number of rotatable bonds is 5. The molecule has 3 heteroatoms. The normalized spacial score (nSPS) is 23.9. The Morgan fingerprint density at radius 2 is 1.63 bits per heavy atom. The fourth-order valence-corrected chi connectivity index (χ4v) is 4.08. The highest BCUT2D eigenvalue weighted by molar-refractivity contribution is 5.74. The van der Waals surface area contributed by atoms with Gasteiger partial charge in [0.15, 0.2) is 0 Å². The van der Waals surface area contributed by atoms with Gasteiger partial charge in [-0.1, -0.05) is 39.5 Å². The average Bonchev–Trinajstić information content (AvgIpc) is 2.60. The van der Waals surface area contributed by atoms with E-state index in [1.165, 1.54) is 38.5 Å². The van der Waals surface area contributed by atoms with Crippen molar-refractivity contribution in [3.63, 3.8) is 0 Å². The van der Waals surface area contributed by atoms with E-state index in [-0.39, 0.29) is 0 Å². The second-order valence-corrected chi connectivity index (χ2v) is 6.85. The standard InChI is InChI=1S/C16H29NO2/c1-3-16(4-2,14(18)19)13-17-11-15(12-17)9-7-5-6-8-10-15/h3-13H2,1-2H3,(H,18,19). The average molecular weight is 267 g/mol. The van der Waals surface area contributed by atoms with Crippen LogP contribution in [0.5, 0.6) is 0 Å². The number of likely N-dealkylation sites (tertiary alicyclic amines) is 1. The lowest BCUT2D eigenvalue weighted by atomic mass is 9.71. The maximum absolute atomic E-state index is 11.6. The molecule has 1 heterocycles. The van der Waals surface area contributed by atoms with Gasteiger partial charge in [-0.15, -0.1) is 0 Å². The second kappa shape index (κ2) is 5.82. The van der Waals surface area contributed by atoms with Crippen LogP contribution in [-0.2, 0) is 4.79 Å². The molecule has 0 unspecified atom stereocenters. The molecule has 19 heavy (non-hydrogen) atoms. The third-order valence-corrected chi connectivity index (χ3v) is 5.62. The number of carboxylic acid groups (broad SMARTS) is 1. The van der Waals surface area contributed by atoms with Crippen molar-refractivity contribution in [2.45, 2.75) is 65.2 Å². The Morgan fingerprint density at radius 3 is 2.05 bits per heavy atom. The lowest BCUT2D eigenvalue weighted by Crippen LogP contribution is -2.59. The minimum Gasteiger partial charge on any atom is -0.481 e. The molecule has 2 rings (SSSR count). The Bertz CT molecular complexity index is 307. The molecule has 2 aliphatic rings. The summed E-state index contributed by atoms with van der Waals surface area (Å²) in [5.41, 5.74) is 0.0224. The van der Waals surface area contributed by atoms with Gasteiger partial charge in [0.2, 0.25) is 0 Å². The maximum Gasteiger partial charge on any atom is 0.310 e. The minimum absolute atomic E-state index is 0.521. The first-order valence-corrected chi connectivity index (χ1v) is 8.02.